The van der Waals surface area contributed by atoms with Gasteiger partial charge in [0.25, 0.3) is 5.56 Å². The number of benzene rings is 1. The molecule has 0 saturated carbocycles. The molecule has 0 aliphatic carbocycles. The van der Waals surface area contributed by atoms with Crippen molar-refractivity contribution < 1.29 is 0 Å². The van der Waals surface area contributed by atoms with Gasteiger partial charge in [-0.15, -0.1) is 11.3 Å². The number of hydrogen-bond donors (Lipinski definition) is 1. The summed E-state index contributed by atoms with van der Waals surface area (Å²) in [6.45, 7) is 1.96. The van der Waals surface area contributed by atoms with Crippen LogP contribution in [0.2, 0.25) is 0 Å². The van der Waals surface area contributed by atoms with Crippen molar-refractivity contribution in [3.8, 4) is 11.1 Å². The van der Waals surface area contributed by atoms with Crippen LogP contribution in [-0.2, 0) is 0 Å². The fourth-order valence-electron chi connectivity index (χ4n) is 2.85. The summed E-state index contributed by atoms with van der Waals surface area (Å²) in [6, 6.07) is 9.99. The third-order valence-electron chi connectivity index (χ3n) is 3.92. The monoisotopic (exact) mass is 297 g/mol. The SMILES string of the molecule is O=c1[nH]c(N2CCCC2)nc2scc(-c3ccccc3)c12. The molecule has 2 aromatic heterocycles. The predicted octanol–water partition coefficient (Wildman–Crippen LogP) is 3.25. The molecule has 1 fully saturated rings. The maximum absolute atomic E-state index is 12.5. The van der Waals surface area contributed by atoms with E-state index >= 15 is 0 Å². The third-order valence-corrected chi connectivity index (χ3v) is 4.79. The largest absolute Gasteiger partial charge is 0.342 e. The summed E-state index contributed by atoms with van der Waals surface area (Å²) in [5, 5.41) is 2.73. The van der Waals surface area contributed by atoms with Gasteiger partial charge in [-0.2, -0.15) is 0 Å². The highest BCUT2D eigenvalue weighted by atomic mass is 32.1. The summed E-state index contributed by atoms with van der Waals surface area (Å²) in [5.41, 5.74) is 1.99. The van der Waals surface area contributed by atoms with E-state index in [4.69, 9.17) is 0 Å². The van der Waals surface area contributed by atoms with Crippen LogP contribution in [0, 0.1) is 0 Å². The first kappa shape index (κ1) is 12.6. The molecule has 0 bridgehead atoms. The normalized spacial score (nSPS) is 15.0. The van der Waals surface area contributed by atoms with Crippen LogP contribution < -0.4 is 10.5 Å². The molecule has 5 heteroatoms. The van der Waals surface area contributed by atoms with Crippen LogP contribution in [0.15, 0.2) is 40.5 Å². The van der Waals surface area contributed by atoms with Crippen molar-refractivity contribution in [1.82, 2.24) is 9.97 Å². The fraction of sp³-hybridized carbons (Fsp3) is 0.250. The second-order valence-corrected chi connectivity index (χ2v) is 6.14. The van der Waals surface area contributed by atoms with Gasteiger partial charge in [0.05, 0.1) is 5.39 Å². The molecule has 21 heavy (non-hydrogen) atoms. The Hall–Kier alpha value is -2.14. The zero-order valence-corrected chi connectivity index (χ0v) is 12.3. The van der Waals surface area contributed by atoms with Gasteiger partial charge >= 0.3 is 0 Å². The van der Waals surface area contributed by atoms with Gasteiger partial charge in [-0.1, -0.05) is 30.3 Å². The summed E-state index contributed by atoms with van der Waals surface area (Å²) >= 11 is 1.54. The van der Waals surface area contributed by atoms with E-state index in [0.29, 0.717) is 11.3 Å². The Kier molecular flexibility index (Phi) is 3.00. The lowest BCUT2D eigenvalue weighted by Crippen LogP contribution is -2.23. The van der Waals surface area contributed by atoms with E-state index in [9.17, 15) is 4.79 Å². The van der Waals surface area contributed by atoms with E-state index in [1.807, 2.05) is 35.7 Å². The van der Waals surface area contributed by atoms with Gasteiger partial charge in [0.1, 0.15) is 4.83 Å². The molecule has 1 aromatic carbocycles. The molecule has 3 heterocycles. The molecule has 3 aromatic rings. The average Bonchev–Trinajstić information content (AvgIpc) is 3.17. The molecule has 1 aliphatic heterocycles. The number of aromatic amines is 1. The van der Waals surface area contributed by atoms with Crippen molar-refractivity contribution in [2.75, 3.05) is 18.0 Å². The van der Waals surface area contributed by atoms with Gasteiger partial charge < -0.3 is 4.90 Å². The van der Waals surface area contributed by atoms with Gasteiger partial charge in [-0.05, 0) is 18.4 Å². The van der Waals surface area contributed by atoms with Gasteiger partial charge in [-0.25, -0.2) is 4.98 Å². The third kappa shape index (κ3) is 2.14. The number of nitrogens with one attached hydrogen (secondary N) is 1. The van der Waals surface area contributed by atoms with E-state index < -0.39 is 0 Å². The summed E-state index contributed by atoms with van der Waals surface area (Å²) in [5.74, 6) is 0.714. The Balaban J connectivity index is 1.88. The maximum Gasteiger partial charge on any atom is 0.261 e. The summed E-state index contributed by atoms with van der Waals surface area (Å²) < 4.78 is 0. The molecule has 0 atom stereocenters. The van der Waals surface area contributed by atoms with E-state index in [-0.39, 0.29) is 5.56 Å². The van der Waals surface area contributed by atoms with Crippen LogP contribution >= 0.6 is 11.3 Å². The molecule has 0 amide bonds. The van der Waals surface area contributed by atoms with Crippen LogP contribution in [0.3, 0.4) is 0 Å². The van der Waals surface area contributed by atoms with Crippen molar-refractivity contribution in [2.45, 2.75) is 12.8 Å². The number of rotatable bonds is 2. The van der Waals surface area contributed by atoms with Crippen molar-refractivity contribution in [3.05, 3.63) is 46.1 Å². The fourth-order valence-corrected chi connectivity index (χ4v) is 3.79. The van der Waals surface area contributed by atoms with Gasteiger partial charge in [0.15, 0.2) is 0 Å². The smallest absolute Gasteiger partial charge is 0.261 e. The van der Waals surface area contributed by atoms with Crippen LogP contribution in [0.25, 0.3) is 21.3 Å². The highest BCUT2D eigenvalue weighted by molar-refractivity contribution is 7.17. The average molecular weight is 297 g/mol. The minimum Gasteiger partial charge on any atom is -0.342 e. The highest BCUT2D eigenvalue weighted by Crippen LogP contribution is 2.31. The minimum absolute atomic E-state index is 0.0398. The first-order valence-electron chi connectivity index (χ1n) is 7.15. The Bertz CT molecular complexity index is 832. The summed E-state index contributed by atoms with van der Waals surface area (Å²) in [4.78, 5) is 23.1. The zero-order chi connectivity index (χ0) is 14.2. The van der Waals surface area contributed by atoms with Crippen molar-refractivity contribution in [3.63, 3.8) is 0 Å². The number of H-pyrrole nitrogens is 1. The number of nitrogens with zero attached hydrogens (tertiary/aromatic N) is 2. The predicted molar refractivity (Wildman–Crippen MR) is 87.1 cm³/mol. The molecular weight excluding hydrogens is 282 g/mol. The molecule has 0 radical (unpaired) electrons. The van der Waals surface area contributed by atoms with Crippen LogP contribution in [0.1, 0.15) is 12.8 Å². The lowest BCUT2D eigenvalue weighted by Gasteiger charge is -2.15. The molecule has 0 unspecified atom stereocenters. The maximum atomic E-state index is 12.5. The molecule has 106 valence electrons. The Morgan fingerprint density at radius 2 is 1.90 bits per heavy atom. The van der Waals surface area contributed by atoms with Crippen LogP contribution in [-0.4, -0.2) is 23.1 Å². The van der Waals surface area contributed by atoms with E-state index in [2.05, 4.69) is 14.9 Å². The van der Waals surface area contributed by atoms with Crippen molar-refractivity contribution >= 4 is 27.5 Å². The van der Waals surface area contributed by atoms with Crippen molar-refractivity contribution in [2.24, 2.45) is 0 Å². The Morgan fingerprint density at radius 3 is 2.67 bits per heavy atom. The number of fused-ring (bicyclic) bond motifs is 1. The molecule has 0 spiro atoms. The first-order valence-corrected chi connectivity index (χ1v) is 8.03. The van der Waals surface area contributed by atoms with Crippen molar-refractivity contribution in [1.29, 1.82) is 0 Å². The molecule has 4 rings (SSSR count). The lowest BCUT2D eigenvalue weighted by molar-refractivity contribution is 0.902. The molecule has 1 N–H and O–H groups in total. The van der Waals surface area contributed by atoms with Crippen LogP contribution in [0.5, 0.6) is 0 Å². The first-order chi connectivity index (χ1) is 10.3. The second kappa shape index (κ2) is 5.00. The highest BCUT2D eigenvalue weighted by Gasteiger charge is 2.18. The lowest BCUT2D eigenvalue weighted by atomic mass is 10.1. The second-order valence-electron chi connectivity index (χ2n) is 5.28. The van der Waals surface area contributed by atoms with E-state index in [0.717, 1.165) is 29.0 Å². The molecule has 1 saturated heterocycles. The van der Waals surface area contributed by atoms with Gasteiger partial charge in [-0.3, -0.25) is 9.78 Å². The molecule has 4 nitrogen and oxygen atoms in total. The van der Waals surface area contributed by atoms with Gasteiger partial charge in [0, 0.05) is 24.0 Å². The number of aromatic nitrogens is 2. The quantitative estimate of drug-likeness (QED) is 0.790. The van der Waals surface area contributed by atoms with E-state index in [1.165, 1.54) is 24.2 Å². The number of anilines is 1. The molecule has 1 aliphatic rings. The van der Waals surface area contributed by atoms with E-state index in [1.54, 1.807) is 0 Å². The standard InChI is InChI=1S/C16H15N3OS/c20-14-13-12(11-6-2-1-3-7-11)10-21-15(13)18-16(17-14)19-8-4-5-9-19/h1-3,6-7,10H,4-5,8-9H2,(H,17,18,20). The van der Waals surface area contributed by atoms with Gasteiger partial charge in [0.2, 0.25) is 5.95 Å². The summed E-state index contributed by atoms with van der Waals surface area (Å²) in [6.07, 6.45) is 2.34. The summed E-state index contributed by atoms with van der Waals surface area (Å²) in [7, 11) is 0. The Morgan fingerprint density at radius 1 is 1.14 bits per heavy atom. The Labute approximate surface area is 126 Å². The number of hydrogen-bond acceptors (Lipinski definition) is 4. The topological polar surface area (TPSA) is 49.0 Å². The van der Waals surface area contributed by atoms with Crippen LogP contribution in [0.4, 0.5) is 5.95 Å². The minimum atomic E-state index is -0.0398. The number of thiophene rings is 1. The molecular formula is C16H15N3OS. The zero-order valence-electron chi connectivity index (χ0n) is 11.5.